The Morgan fingerprint density at radius 2 is 2.13 bits per heavy atom. The minimum atomic E-state index is -3.75. The van der Waals surface area contributed by atoms with Crippen LogP contribution in [0.15, 0.2) is 17.3 Å². The van der Waals surface area contributed by atoms with Gasteiger partial charge in [0, 0.05) is 6.20 Å². The van der Waals surface area contributed by atoms with Gasteiger partial charge in [0.1, 0.15) is 4.90 Å². The van der Waals surface area contributed by atoms with Gasteiger partial charge in [0.2, 0.25) is 10.0 Å². The van der Waals surface area contributed by atoms with E-state index in [-0.39, 0.29) is 16.7 Å². The molecule has 1 aromatic rings. The number of aromatic nitrogens is 1. The summed E-state index contributed by atoms with van der Waals surface area (Å²) in [5.41, 5.74) is 0.510. The Morgan fingerprint density at radius 3 is 2.67 bits per heavy atom. The molecule has 0 spiro atoms. The summed E-state index contributed by atoms with van der Waals surface area (Å²) in [6.45, 7) is 1.65. The smallest absolute Gasteiger partial charge is 0.242 e. The van der Waals surface area contributed by atoms with E-state index in [0.29, 0.717) is 5.56 Å². The van der Waals surface area contributed by atoms with Gasteiger partial charge in [0.05, 0.1) is 12.3 Å². The number of ether oxygens (including phenoxy) is 1. The summed E-state index contributed by atoms with van der Waals surface area (Å²) < 4.78 is 28.1. The summed E-state index contributed by atoms with van der Waals surface area (Å²) in [5.74, 6) is 0.264. The number of hydrogen-bond acceptors (Lipinski definition) is 4. The lowest BCUT2D eigenvalue weighted by molar-refractivity contribution is 0.293. The molecule has 0 aromatic carbocycles. The van der Waals surface area contributed by atoms with E-state index in [4.69, 9.17) is 9.88 Å². The summed E-state index contributed by atoms with van der Waals surface area (Å²) in [4.78, 5) is 3.94. The van der Waals surface area contributed by atoms with E-state index in [1.165, 1.54) is 12.4 Å². The van der Waals surface area contributed by atoms with Crippen LogP contribution < -0.4 is 9.88 Å². The highest BCUT2D eigenvalue weighted by Crippen LogP contribution is 2.31. The molecule has 1 heterocycles. The van der Waals surface area contributed by atoms with E-state index >= 15 is 0 Å². The van der Waals surface area contributed by atoms with Crippen molar-refractivity contribution >= 4 is 10.0 Å². The van der Waals surface area contributed by atoms with Crippen LogP contribution in [0.1, 0.15) is 18.4 Å². The Morgan fingerprint density at radius 1 is 1.47 bits per heavy atom. The maximum atomic E-state index is 11.3. The van der Waals surface area contributed by atoms with Gasteiger partial charge >= 0.3 is 0 Å². The standard InChI is InChI=1S/C9H12N2O3S/c1-6-4-11-5-8(14-7-2-3-7)9(6)15(10,12)13/h4-5,7H,2-3H2,1H3,(H2,10,12,13). The SMILES string of the molecule is Cc1cncc(OC2CC2)c1S(N)(=O)=O. The Hall–Kier alpha value is -1.14. The van der Waals surface area contributed by atoms with Crippen LogP contribution in [0.4, 0.5) is 0 Å². The van der Waals surface area contributed by atoms with Crippen molar-refractivity contribution in [2.75, 3.05) is 0 Å². The van der Waals surface area contributed by atoms with Crippen LogP contribution in [0.3, 0.4) is 0 Å². The molecule has 0 amide bonds. The normalized spacial score (nSPS) is 16.4. The van der Waals surface area contributed by atoms with Crippen molar-refractivity contribution in [3.8, 4) is 5.75 Å². The number of sulfonamides is 1. The summed E-state index contributed by atoms with van der Waals surface area (Å²) in [7, 11) is -3.75. The summed E-state index contributed by atoms with van der Waals surface area (Å²) in [5, 5.41) is 5.12. The number of nitrogens with zero attached hydrogens (tertiary/aromatic N) is 1. The van der Waals surface area contributed by atoms with E-state index < -0.39 is 10.0 Å². The van der Waals surface area contributed by atoms with E-state index in [1.54, 1.807) is 6.92 Å². The second-order valence-electron chi connectivity index (χ2n) is 3.65. The van der Waals surface area contributed by atoms with Gasteiger partial charge in [-0.15, -0.1) is 0 Å². The quantitative estimate of drug-likeness (QED) is 0.820. The molecule has 0 unspecified atom stereocenters. The Kier molecular flexibility index (Phi) is 2.40. The van der Waals surface area contributed by atoms with Crippen LogP contribution in [0, 0.1) is 6.92 Å². The number of pyridine rings is 1. The van der Waals surface area contributed by atoms with Crippen molar-refractivity contribution in [3.63, 3.8) is 0 Å². The molecule has 1 saturated carbocycles. The first kappa shape index (κ1) is 10.4. The van der Waals surface area contributed by atoms with Gasteiger partial charge in [-0.2, -0.15) is 0 Å². The van der Waals surface area contributed by atoms with Crippen LogP contribution in [0.25, 0.3) is 0 Å². The zero-order chi connectivity index (χ0) is 11.1. The average Bonchev–Trinajstić information content (AvgIpc) is 2.85. The van der Waals surface area contributed by atoms with Crippen LogP contribution in [0.5, 0.6) is 5.75 Å². The van der Waals surface area contributed by atoms with Crippen molar-refractivity contribution in [2.45, 2.75) is 30.8 Å². The zero-order valence-corrected chi connectivity index (χ0v) is 9.12. The first-order valence-corrected chi connectivity index (χ1v) is 6.17. The summed E-state index contributed by atoms with van der Waals surface area (Å²) in [6, 6.07) is 0. The topological polar surface area (TPSA) is 82.3 Å². The first-order chi connectivity index (χ1) is 6.98. The molecular weight excluding hydrogens is 216 g/mol. The molecule has 0 radical (unpaired) electrons. The lowest BCUT2D eigenvalue weighted by atomic mass is 10.3. The lowest BCUT2D eigenvalue weighted by Gasteiger charge is -2.10. The molecule has 0 aliphatic heterocycles. The molecule has 1 aliphatic carbocycles. The van der Waals surface area contributed by atoms with Crippen molar-refractivity contribution in [2.24, 2.45) is 5.14 Å². The van der Waals surface area contributed by atoms with Crippen molar-refractivity contribution < 1.29 is 13.2 Å². The minimum absolute atomic E-state index is 0.0457. The van der Waals surface area contributed by atoms with Crippen LogP contribution >= 0.6 is 0 Å². The predicted octanol–water partition coefficient (Wildman–Crippen LogP) is 0.579. The van der Waals surface area contributed by atoms with Crippen LogP contribution in [-0.2, 0) is 10.0 Å². The number of nitrogens with two attached hydrogens (primary N) is 1. The molecule has 1 aliphatic rings. The fourth-order valence-corrected chi connectivity index (χ4v) is 2.23. The Labute approximate surface area is 88.3 Å². The number of rotatable bonds is 3. The number of hydrogen-bond donors (Lipinski definition) is 1. The van der Waals surface area contributed by atoms with Crippen molar-refractivity contribution in [1.29, 1.82) is 0 Å². The largest absolute Gasteiger partial charge is 0.487 e. The molecule has 0 saturated heterocycles. The van der Waals surface area contributed by atoms with Crippen molar-refractivity contribution in [1.82, 2.24) is 4.98 Å². The molecule has 6 heteroatoms. The van der Waals surface area contributed by atoms with Gasteiger partial charge < -0.3 is 4.74 Å². The zero-order valence-electron chi connectivity index (χ0n) is 8.30. The highest BCUT2D eigenvalue weighted by molar-refractivity contribution is 7.89. The minimum Gasteiger partial charge on any atom is -0.487 e. The van der Waals surface area contributed by atoms with Gasteiger partial charge in [-0.25, -0.2) is 13.6 Å². The highest BCUT2D eigenvalue weighted by atomic mass is 32.2. The summed E-state index contributed by atoms with van der Waals surface area (Å²) in [6.07, 6.45) is 4.88. The van der Waals surface area contributed by atoms with Crippen molar-refractivity contribution in [3.05, 3.63) is 18.0 Å². The summed E-state index contributed by atoms with van der Waals surface area (Å²) >= 11 is 0. The first-order valence-electron chi connectivity index (χ1n) is 4.62. The maximum Gasteiger partial charge on any atom is 0.242 e. The molecule has 0 bridgehead atoms. The van der Waals surface area contributed by atoms with E-state index in [1.807, 2.05) is 0 Å². The molecule has 1 fully saturated rings. The number of primary sulfonamides is 1. The second kappa shape index (κ2) is 3.46. The third kappa shape index (κ3) is 2.27. The van der Waals surface area contributed by atoms with Gasteiger partial charge in [-0.3, -0.25) is 4.98 Å². The lowest BCUT2D eigenvalue weighted by Crippen LogP contribution is -2.16. The van der Waals surface area contributed by atoms with E-state index in [9.17, 15) is 8.42 Å². The fraction of sp³-hybridized carbons (Fsp3) is 0.444. The molecule has 2 rings (SSSR count). The fourth-order valence-electron chi connectivity index (χ4n) is 1.34. The third-order valence-corrected chi connectivity index (χ3v) is 3.24. The van der Waals surface area contributed by atoms with Crippen LogP contribution in [0.2, 0.25) is 0 Å². The van der Waals surface area contributed by atoms with Gasteiger partial charge in [0.15, 0.2) is 5.75 Å². The molecule has 0 atom stereocenters. The molecule has 82 valence electrons. The van der Waals surface area contributed by atoms with Gasteiger partial charge in [-0.1, -0.05) is 0 Å². The molecule has 2 N–H and O–H groups in total. The Balaban J connectivity index is 2.47. The van der Waals surface area contributed by atoms with Crippen LogP contribution in [-0.4, -0.2) is 19.5 Å². The maximum absolute atomic E-state index is 11.3. The van der Waals surface area contributed by atoms with Gasteiger partial charge in [0.25, 0.3) is 0 Å². The molecule has 1 aromatic heterocycles. The molecule has 15 heavy (non-hydrogen) atoms. The number of aryl methyl sites for hydroxylation is 1. The second-order valence-corrected chi connectivity index (χ2v) is 5.14. The monoisotopic (exact) mass is 228 g/mol. The molecular formula is C9H12N2O3S. The van der Waals surface area contributed by atoms with Gasteiger partial charge in [-0.05, 0) is 25.3 Å². The van der Waals surface area contributed by atoms with E-state index in [2.05, 4.69) is 4.98 Å². The third-order valence-electron chi connectivity index (χ3n) is 2.14. The highest BCUT2D eigenvalue weighted by Gasteiger charge is 2.27. The van der Waals surface area contributed by atoms with E-state index in [0.717, 1.165) is 12.8 Å². The predicted molar refractivity (Wildman–Crippen MR) is 54.0 cm³/mol. The average molecular weight is 228 g/mol. The molecule has 5 nitrogen and oxygen atoms in total. The Bertz CT molecular complexity index is 480.